The molecule has 2 heterocycles. The number of anilines is 8. The van der Waals surface area contributed by atoms with Gasteiger partial charge in [0, 0.05) is 16.5 Å². The third-order valence-corrected chi connectivity index (χ3v) is 13.2. The van der Waals surface area contributed by atoms with Crippen molar-refractivity contribution >= 4 is 143 Å². The number of nitrogens with one attached hydrogen (secondary N) is 4. The largest absolute Gasteiger partial charge is 0.505 e. The van der Waals surface area contributed by atoms with Gasteiger partial charge in [-0.1, -0.05) is 54.6 Å². The highest BCUT2D eigenvalue weighted by Gasteiger charge is 2.27. The average Bonchev–Trinajstić information content (AvgIpc) is 3.24. The zero-order valence-electron chi connectivity index (χ0n) is 33.8. The van der Waals surface area contributed by atoms with Crippen LogP contribution in [-0.4, -0.2) is 86.9 Å². The van der Waals surface area contributed by atoms with Crippen LogP contribution in [-0.2, 0) is 40.5 Å². The first-order valence-electron chi connectivity index (χ1n) is 18.7. The summed E-state index contributed by atoms with van der Waals surface area (Å²) in [4.78, 5) is 20.3. The summed E-state index contributed by atoms with van der Waals surface area (Å²) in [5.74, 6) is -2.57. The Kier molecular flexibility index (Phi) is 12.8. The number of hydrogen-bond acceptors (Lipinski definition) is 21. The molecule has 0 fully saturated rings. The van der Waals surface area contributed by atoms with Crippen molar-refractivity contribution in [3.8, 4) is 5.75 Å². The van der Waals surface area contributed by atoms with E-state index in [9.17, 15) is 57.0 Å². The molecule has 0 spiro atoms. The highest BCUT2D eigenvalue weighted by Crippen LogP contribution is 2.43. The third-order valence-electron chi connectivity index (χ3n) is 9.35. The van der Waals surface area contributed by atoms with E-state index in [1.165, 1.54) is 36.4 Å². The van der Waals surface area contributed by atoms with Gasteiger partial charge in [0.2, 0.25) is 34.4 Å². The van der Waals surface area contributed by atoms with Gasteiger partial charge in [-0.05, 0) is 82.5 Å². The molecule has 0 amide bonds. The van der Waals surface area contributed by atoms with Crippen LogP contribution in [0.1, 0.15) is 0 Å². The van der Waals surface area contributed by atoms with E-state index in [2.05, 4.69) is 61.4 Å². The minimum Gasteiger partial charge on any atom is -0.505 e. The molecule has 0 unspecified atom stereocenters. The number of azo groups is 1. The Morgan fingerprint density at radius 1 is 0.464 bits per heavy atom. The minimum absolute atomic E-state index is 0.0562. The number of rotatable bonds is 14. The molecule has 69 heavy (non-hydrogen) atoms. The van der Waals surface area contributed by atoms with Crippen molar-refractivity contribution in [1.82, 2.24) is 29.9 Å². The normalized spacial score (nSPS) is 12.4. The van der Waals surface area contributed by atoms with E-state index in [1.807, 2.05) is 0 Å². The number of phenolic OH excluding ortho intramolecular Hbond substituents is 1. The molecule has 31 heteroatoms. The number of hydrogen-bond donors (Lipinski definition) is 9. The molecule has 6 aromatic carbocycles. The van der Waals surface area contributed by atoms with Gasteiger partial charge in [0.15, 0.2) is 5.75 Å². The highest BCUT2D eigenvalue weighted by atomic mass is 35.5. The molecule has 0 aliphatic carbocycles. The second kappa shape index (κ2) is 18.3. The van der Waals surface area contributed by atoms with Crippen LogP contribution in [0, 0.1) is 0 Å². The van der Waals surface area contributed by atoms with Crippen molar-refractivity contribution < 1.29 is 57.0 Å². The molecule has 0 saturated carbocycles. The number of para-hydroxylation sites is 1. The van der Waals surface area contributed by atoms with Crippen LogP contribution >= 0.6 is 23.2 Å². The zero-order chi connectivity index (χ0) is 49.6. The Bertz CT molecular complexity index is 3920. The third kappa shape index (κ3) is 10.9. The Morgan fingerprint density at radius 3 is 1.48 bits per heavy atom. The second-order valence-corrected chi connectivity index (χ2v) is 20.2. The van der Waals surface area contributed by atoms with Crippen molar-refractivity contribution in [3.63, 3.8) is 0 Å². The quantitative estimate of drug-likeness (QED) is 0.0371. The number of aromatic nitrogens is 6. The molecule has 0 bridgehead atoms. The molecule has 354 valence electrons. The highest BCUT2D eigenvalue weighted by molar-refractivity contribution is 7.87. The Labute approximate surface area is 398 Å². The molecule has 0 radical (unpaired) electrons. The predicted octanol–water partition coefficient (Wildman–Crippen LogP) is 7.75. The number of phenols is 1. The summed E-state index contributed by atoms with van der Waals surface area (Å²) in [6.07, 6.45) is 0. The van der Waals surface area contributed by atoms with Crippen LogP contribution in [0.4, 0.5) is 57.9 Å². The summed E-state index contributed by atoms with van der Waals surface area (Å²) in [5.41, 5.74) is -1.98. The summed E-state index contributed by atoms with van der Waals surface area (Å²) in [5, 5.41) is 29.0. The van der Waals surface area contributed by atoms with E-state index in [0.717, 1.165) is 12.1 Å². The molecule has 0 aliphatic heterocycles. The maximum atomic E-state index is 12.8. The van der Waals surface area contributed by atoms with E-state index < -0.39 is 106 Å². The number of halogens is 2. The topological polar surface area (TPSA) is 388 Å². The smallest absolute Gasteiger partial charge is 0.297 e. The molecule has 25 nitrogen and oxygen atoms in total. The lowest BCUT2D eigenvalue weighted by Gasteiger charge is -2.16. The average molecular weight is 1060 g/mol. The SMILES string of the molecule is O=S(=O)(O)c1cc(Nc2nc(Cl)nc(Nc3cc(S(=O)(=O)O)c(Nc4nc(Cl)nc(Nc5ccccc5)n4)cc3S(=O)(=O)O)n2)c2c(O)c(N=Nc3ccc4ccccc4c3S(=O)(=O)O)ccc2c1. The molecular weight excluding hydrogens is 1030 g/mol. The number of fused-ring (bicyclic) bond motifs is 2. The van der Waals surface area contributed by atoms with Gasteiger partial charge in [-0.2, -0.15) is 63.6 Å². The van der Waals surface area contributed by atoms with Crippen molar-refractivity contribution in [3.05, 3.63) is 114 Å². The fraction of sp³-hybridized carbons (Fsp3) is 0. The molecule has 8 aromatic rings. The fourth-order valence-electron chi connectivity index (χ4n) is 6.54. The first kappa shape index (κ1) is 48.1. The maximum Gasteiger partial charge on any atom is 0.297 e. The van der Waals surface area contributed by atoms with Gasteiger partial charge in [-0.25, -0.2) is 0 Å². The molecule has 8 rings (SSSR count). The van der Waals surface area contributed by atoms with Crippen molar-refractivity contribution in [2.75, 3.05) is 21.3 Å². The Balaban J connectivity index is 1.18. The first-order valence-corrected chi connectivity index (χ1v) is 25.2. The van der Waals surface area contributed by atoms with Gasteiger partial charge in [0.1, 0.15) is 26.1 Å². The van der Waals surface area contributed by atoms with Crippen molar-refractivity contribution in [2.24, 2.45) is 10.2 Å². The number of aromatic hydroxyl groups is 1. The van der Waals surface area contributed by atoms with Gasteiger partial charge in [0.05, 0.1) is 22.0 Å². The van der Waals surface area contributed by atoms with Gasteiger partial charge < -0.3 is 26.4 Å². The van der Waals surface area contributed by atoms with Crippen molar-refractivity contribution in [1.29, 1.82) is 0 Å². The standard InChI is InChI=1S/C38H26Cl2N12O13S4/c39-33-45-35(41-20-7-2-1-3-8-20)49-36(46-33)42-25-16-29(68(60,61)62)26(17-28(25)67(57,58)59)43-37-47-34(40)48-38(50-37)44-27-15-21(66(54,55)56)14-19-11-12-23(31(53)30(19)27)51-52-24-13-10-18-6-4-5-9-22(18)32(24)69(63,64)65/h1-17,53H,(H,54,55,56)(H,57,58,59)(H,60,61,62)(H,63,64,65)(H2,41,42,45,46,49)(H2,43,44,47,48,50). The van der Waals surface area contributed by atoms with Crippen LogP contribution in [0.3, 0.4) is 0 Å². The van der Waals surface area contributed by atoms with Gasteiger partial charge in [-0.3, -0.25) is 18.2 Å². The van der Waals surface area contributed by atoms with Crippen LogP contribution in [0.5, 0.6) is 5.75 Å². The summed E-state index contributed by atoms with van der Waals surface area (Å²) in [7, 11) is -20.4. The summed E-state index contributed by atoms with van der Waals surface area (Å²) in [6.45, 7) is 0. The molecular formula is C38H26Cl2N12O13S4. The van der Waals surface area contributed by atoms with E-state index in [-0.39, 0.29) is 39.2 Å². The van der Waals surface area contributed by atoms with Crippen LogP contribution < -0.4 is 21.3 Å². The lowest BCUT2D eigenvalue weighted by atomic mass is 10.1. The van der Waals surface area contributed by atoms with Crippen LogP contribution in [0.15, 0.2) is 133 Å². The van der Waals surface area contributed by atoms with E-state index in [0.29, 0.717) is 23.2 Å². The fourth-order valence-corrected chi connectivity index (χ4v) is 9.55. The lowest BCUT2D eigenvalue weighted by Crippen LogP contribution is -2.12. The second-order valence-electron chi connectivity index (χ2n) is 14.0. The maximum absolute atomic E-state index is 12.8. The molecule has 9 N–H and O–H groups in total. The molecule has 0 saturated heterocycles. The predicted molar refractivity (Wildman–Crippen MR) is 249 cm³/mol. The van der Waals surface area contributed by atoms with E-state index >= 15 is 0 Å². The first-order chi connectivity index (χ1) is 32.4. The van der Waals surface area contributed by atoms with Gasteiger partial charge in [0.25, 0.3) is 40.5 Å². The zero-order valence-corrected chi connectivity index (χ0v) is 38.6. The summed E-state index contributed by atoms with van der Waals surface area (Å²) in [6, 6.07) is 22.8. The van der Waals surface area contributed by atoms with Crippen molar-refractivity contribution in [2.45, 2.75) is 19.6 Å². The van der Waals surface area contributed by atoms with Gasteiger partial charge in [-0.15, -0.1) is 10.2 Å². The molecule has 2 aromatic heterocycles. The molecule has 0 aliphatic rings. The monoisotopic (exact) mass is 1060 g/mol. The Morgan fingerprint density at radius 2 is 0.942 bits per heavy atom. The summed E-state index contributed by atoms with van der Waals surface area (Å²) < 4.78 is 141. The minimum atomic E-state index is -5.31. The summed E-state index contributed by atoms with van der Waals surface area (Å²) >= 11 is 12.3. The lowest BCUT2D eigenvalue weighted by molar-refractivity contribution is 0.479. The van der Waals surface area contributed by atoms with Gasteiger partial charge >= 0.3 is 0 Å². The number of nitrogens with zero attached hydrogens (tertiary/aromatic N) is 8. The van der Waals surface area contributed by atoms with E-state index in [4.69, 9.17) is 23.2 Å². The van der Waals surface area contributed by atoms with Crippen LogP contribution in [0.25, 0.3) is 21.5 Å². The Hall–Kier alpha value is -7.32. The molecule has 0 atom stereocenters. The van der Waals surface area contributed by atoms with E-state index in [1.54, 1.807) is 42.5 Å². The number of benzene rings is 6. The van der Waals surface area contributed by atoms with Crippen LogP contribution in [0.2, 0.25) is 10.6 Å².